The second kappa shape index (κ2) is 4.99. The number of rotatable bonds is 2. The van der Waals surface area contributed by atoms with E-state index in [0.717, 1.165) is 11.3 Å². The molecule has 2 aromatic heterocycles. The Morgan fingerprint density at radius 3 is 2.47 bits per heavy atom. The fourth-order valence-electron chi connectivity index (χ4n) is 1.68. The van der Waals surface area contributed by atoms with Gasteiger partial charge in [-0.1, -0.05) is 23.7 Å². The van der Waals surface area contributed by atoms with Gasteiger partial charge in [-0.15, -0.1) is 0 Å². The Morgan fingerprint density at radius 2 is 1.74 bits per heavy atom. The fourth-order valence-corrected chi connectivity index (χ4v) is 1.95. The summed E-state index contributed by atoms with van der Waals surface area (Å²) in [5.41, 5.74) is 1.83. The Hall–Kier alpha value is -1.91. The average molecular weight is 291 g/mol. The van der Waals surface area contributed by atoms with Gasteiger partial charge in [0.2, 0.25) is 5.28 Å². The third kappa shape index (κ3) is 2.59. The third-order valence-electron chi connectivity index (χ3n) is 2.58. The summed E-state index contributed by atoms with van der Waals surface area (Å²) in [5, 5.41) is 5.34. The minimum atomic E-state index is 0.195. The van der Waals surface area contributed by atoms with E-state index in [4.69, 9.17) is 23.2 Å². The van der Waals surface area contributed by atoms with Crippen LogP contribution < -0.4 is 0 Å². The molecule has 0 saturated carbocycles. The second-order valence-corrected chi connectivity index (χ2v) is 4.61. The molecule has 19 heavy (non-hydrogen) atoms. The van der Waals surface area contributed by atoms with Crippen molar-refractivity contribution in [3.05, 3.63) is 59.1 Å². The summed E-state index contributed by atoms with van der Waals surface area (Å²) in [6.45, 7) is 0. The number of aromatic nitrogens is 4. The average Bonchev–Trinajstić information content (AvgIpc) is 2.89. The minimum Gasteiger partial charge on any atom is -0.226 e. The molecule has 3 aromatic rings. The second-order valence-electron chi connectivity index (χ2n) is 3.84. The van der Waals surface area contributed by atoms with Gasteiger partial charge in [-0.25, -0.2) is 9.67 Å². The first kappa shape index (κ1) is 12.1. The van der Waals surface area contributed by atoms with Crippen LogP contribution in [0.1, 0.15) is 0 Å². The van der Waals surface area contributed by atoms with Crippen molar-refractivity contribution >= 4 is 23.2 Å². The highest BCUT2D eigenvalue weighted by atomic mass is 35.5. The molecule has 0 radical (unpaired) electrons. The number of benzene rings is 1. The van der Waals surface area contributed by atoms with E-state index in [-0.39, 0.29) is 5.28 Å². The molecule has 0 amide bonds. The van der Waals surface area contributed by atoms with Crippen molar-refractivity contribution in [3.63, 3.8) is 0 Å². The molecule has 0 saturated heterocycles. The van der Waals surface area contributed by atoms with Crippen LogP contribution in [0.25, 0.3) is 17.1 Å². The first-order valence-electron chi connectivity index (χ1n) is 5.53. The maximum absolute atomic E-state index is 5.86. The summed E-state index contributed by atoms with van der Waals surface area (Å²) in [5.74, 6) is 0.625. The van der Waals surface area contributed by atoms with E-state index in [1.165, 1.54) is 0 Å². The quantitative estimate of drug-likeness (QED) is 0.677. The molecule has 0 aliphatic rings. The molecule has 0 unspecified atom stereocenters. The molecule has 0 N–H and O–H groups in total. The van der Waals surface area contributed by atoms with Gasteiger partial charge in [0.05, 0.1) is 5.69 Å². The smallest absolute Gasteiger partial charge is 0.224 e. The van der Waals surface area contributed by atoms with Gasteiger partial charge in [0.1, 0.15) is 0 Å². The number of nitrogens with zero attached hydrogens (tertiary/aromatic N) is 4. The number of hydrogen-bond donors (Lipinski definition) is 0. The van der Waals surface area contributed by atoms with Crippen molar-refractivity contribution in [2.75, 3.05) is 0 Å². The summed E-state index contributed by atoms with van der Waals surface area (Å²) in [6, 6.07) is 11.1. The first-order chi connectivity index (χ1) is 9.22. The van der Waals surface area contributed by atoms with Gasteiger partial charge in [-0.2, -0.15) is 10.1 Å². The lowest BCUT2D eigenvalue weighted by Gasteiger charge is -2.00. The Balaban J connectivity index is 1.97. The predicted octanol–water partition coefficient (Wildman–Crippen LogP) is 3.64. The molecule has 0 aliphatic heterocycles. The van der Waals surface area contributed by atoms with Crippen LogP contribution in [0.3, 0.4) is 0 Å². The van der Waals surface area contributed by atoms with Crippen LogP contribution in [0, 0.1) is 0 Å². The predicted molar refractivity (Wildman–Crippen MR) is 74.6 cm³/mol. The molecule has 0 bridgehead atoms. The summed E-state index contributed by atoms with van der Waals surface area (Å²) < 4.78 is 1.65. The maximum Gasteiger partial charge on any atom is 0.224 e. The van der Waals surface area contributed by atoms with Crippen molar-refractivity contribution in [1.82, 2.24) is 19.7 Å². The Bertz CT molecular complexity index is 707. The van der Waals surface area contributed by atoms with Crippen molar-refractivity contribution < 1.29 is 0 Å². The lowest BCUT2D eigenvalue weighted by molar-refractivity contribution is 0.843. The molecule has 2 heterocycles. The van der Waals surface area contributed by atoms with Crippen LogP contribution in [0.2, 0.25) is 10.3 Å². The SMILES string of the molecule is Clc1ccc(-c2ccn(-c3ccnc(Cl)n3)n2)cc1. The fraction of sp³-hybridized carbons (Fsp3) is 0. The van der Waals surface area contributed by atoms with Gasteiger partial charge in [0.15, 0.2) is 5.82 Å². The van der Waals surface area contributed by atoms with Crippen molar-refractivity contribution in [1.29, 1.82) is 0 Å². The van der Waals surface area contributed by atoms with E-state index in [9.17, 15) is 0 Å². The minimum absolute atomic E-state index is 0.195. The molecular formula is C13H8Cl2N4. The molecule has 94 valence electrons. The van der Waals surface area contributed by atoms with Crippen LogP contribution >= 0.6 is 23.2 Å². The molecule has 6 heteroatoms. The zero-order chi connectivity index (χ0) is 13.2. The van der Waals surface area contributed by atoms with Gasteiger partial charge in [0, 0.05) is 29.0 Å². The van der Waals surface area contributed by atoms with Crippen LogP contribution in [0.15, 0.2) is 48.8 Å². The van der Waals surface area contributed by atoms with Crippen LogP contribution in [0.4, 0.5) is 0 Å². The highest BCUT2D eigenvalue weighted by Crippen LogP contribution is 2.20. The third-order valence-corrected chi connectivity index (χ3v) is 3.01. The Morgan fingerprint density at radius 1 is 0.947 bits per heavy atom. The van der Waals surface area contributed by atoms with Gasteiger partial charge in [-0.3, -0.25) is 0 Å². The van der Waals surface area contributed by atoms with Gasteiger partial charge < -0.3 is 0 Å². The molecule has 1 aromatic carbocycles. The van der Waals surface area contributed by atoms with Gasteiger partial charge in [0.25, 0.3) is 0 Å². The molecular weight excluding hydrogens is 283 g/mol. The highest BCUT2D eigenvalue weighted by molar-refractivity contribution is 6.30. The zero-order valence-corrected chi connectivity index (χ0v) is 11.2. The molecule has 0 fully saturated rings. The molecule has 0 spiro atoms. The molecule has 3 rings (SSSR count). The number of hydrogen-bond acceptors (Lipinski definition) is 3. The summed E-state index contributed by atoms with van der Waals surface area (Å²) >= 11 is 11.6. The van der Waals surface area contributed by atoms with E-state index in [2.05, 4.69) is 15.1 Å². The molecule has 4 nitrogen and oxygen atoms in total. The van der Waals surface area contributed by atoms with Crippen LogP contribution in [0.5, 0.6) is 0 Å². The summed E-state index contributed by atoms with van der Waals surface area (Å²) in [6.07, 6.45) is 3.41. The van der Waals surface area contributed by atoms with E-state index in [1.54, 1.807) is 16.9 Å². The normalized spacial score (nSPS) is 10.6. The standard InChI is InChI=1S/C13H8Cl2N4/c14-10-3-1-9(2-4-10)11-6-8-19(18-11)12-5-7-16-13(15)17-12/h1-8H. The van der Waals surface area contributed by atoms with Crippen molar-refractivity contribution in [3.8, 4) is 17.1 Å². The largest absolute Gasteiger partial charge is 0.226 e. The monoisotopic (exact) mass is 290 g/mol. The van der Waals surface area contributed by atoms with E-state index in [0.29, 0.717) is 10.8 Å². The lowest BCUT2D eigenvalue weighted by atomic mass is 10.2. The van der Waals surface area contributed by atoms with Crippen molar-refractivity contribution in [2.24, 2.45) is 0 Å². The van der Waals surface area contributed by atoms with Crippen molar-refractivity contribution in [2.45, 2.75) is 0 Å². The Kier molecular flexibility index (Phi) is 3.19. The van der Waals surface area contributed by atoms with E-state index >= 15 is 0 Å². The summed E-state index contributed by atoms with van der Waals surface area (Å²) in [4.78, 5) is 7.94. The molecule has 0 atom stereocenters. The number of halogens is 2. The zero-order valence-electron chi connectivity index (χ0n) is 9.66. The highest BCUT2D eigenvalue weighted by Gasteiger charge is 2.05. The first-order valence-corrected chi connectivity index (χ1v) is 6.28. The van der Waals surface area contributed by atoms with E-state index < -0.39 is 0 Å². The molecule has 0 aliphatic carbocycles. The van der Waals surface area contributed by atoms with Gasteiger partial charge >= 0.3 is 0 Å². The summed E-state index contributed by atoms with van der Waals surface area (Å²) in [7, 11) is 0. The topological polar surface area (TPSA) is 43.6 Å². The van der Waals surface area contributed by atoms with E-state index in [1.807, 2.05) is 36.5 Å². The lowest BCUT2D eigenvalue weighted by Crippen LogP contribution is -1.99. The van der Waals surface area contributed by atoms with Crippen LogP contribution in [-0.2, 0) is 0 Å². The maximum atomic E-state index is 5.86. The van der Waals surface area contributed by atoms with Crippen LogP contribution in [-0.4, -0.2) is 19.7 Å². The Labute approximate surface area is 119 Å². The van der Waals surface area contributed by atoms with Gasteiger partial charge in [-0.05, 0) is 29.8 Å².